The predicted octanol–water partition coefficient (Wildman–Crippen LogP) is 3.55. The molecule has 6 nitrogen and oxygen atoms in total. The van der Waals surface area contributed by atoms with E-state index >= 15 is 0 Å². The summed E-state index contributed by atoms with van der Waals surface area (Å²) in [6.45, 7) is 8.67. The Morgan fingerprint density at radius 3 is 2.64 bits per heavy atom. The van der Waals surface area contributed by atoms with Gasteiger partial charge in [0, 0.05) is 12.6 Å². The minimum atomic E-state index is 0. The van der Waals surface area contributed by atoms with E-state index in [-0.39, 0.29) is 24.0 Å². The Balaban J connectivity index is 0.00000312. The van der Waals surface area contributed by atoms with Crippen LogP contribution in [0.5, 0.6) is 5.75 Å². The van der Waals surface area contributed by atoms with Crippen molar-refractivity contribution >= 4 is 29.9 Å². The molecule has 138 valence electrons. The van der Waals surface area contributed by atoms with Crippen molar-refractivity contribution in [3.8, 4) is 5.75 Å². The molecule has 0 atom stereocenters. The van der Waals surface area contributed by atoms with E-state index in [0.29, 0.717) is 25.6 Å². The Kier molecular flexibility index (Phi) is 9.98. The number of ether oxygens (including phenoxy) is 1. The maximum absolute atomic E-state index is 5.65. The van der Waals surface area contributed by atoms with E-state index in [1.165, 1.54) is 0 Å². The van der Waals surface area contributed by atoms with E-state index in [0.717, 1.165) is 29.7 Å². The minimum absolute atomic E-state index is 0. The SMILES string of the molecule is CCNC(=NCc1cc(C(C)C)no1)NCCOc1ccccc1.I. The van der Waals surface area contributed by atoms with Crippen LogP contribution in [-0.4, -0.2) is 30.8 Å². The van der Waals surface area contributed by atoms with Gasteiger partial charge in [-0.25, -0.2) is 4.99 Å². The van der Waals surface area contributed by atoms with Crippen molar-refractivity contribution < 1.29 is 9.26 Å². The summed E-state index contributed by atoms with van der Waals surface area (Å²) in [6, 6.07) is 11.7. The third-order valence-electron chi connectivity index (χ3n) is 3.31. The van der Waals surface area contributed by atoms with Crippen LogP contribution in [0.25, 0.3) is 0 Å². The van der Waals surface area contributed by atoms with Crippen LogP contribution in [0.15, 0.2) is 45.9 Å². The van der Waals surface area contributed by atoms with Gasteiger partial charge in [0.2, 0.25) is 0 Å². The molecule has 7 heteroatoms. The number of guanidine groups is 1. The average molecular weight is 458 g/mol. The van der Waals surface area contributed by atoms with E-state index in [9.17, 15) is 0 Å². The largest absolute Gasteiger partial charge is 0.492 e. The van der Waals surface area contributed by atoms with Gasteiger partial charge in [-0.2, -0.15) is 0 Å². The molecule has 1 heterocycles. The van der Waals surface area contributed by atoms with Crippen molar-refractivity contribution in [1.29, 1.82) is 0 Å². The molecule has 1 aromatic carbocycles. The van der Waals surface area contributed by atoms with Gasteiger partial charge in [-0.05, 0) is 25.0 Å². The molecule has 0 amide bonds. The van der Waals surface area contributed by atoms with Gasteiger partial charge in [-0.3, -0.25) is 0 Å². The maximum Gasteiger partial charge on any atom is 0.191 e. The topological polar surface area (TPSA) is 71.7 Å². The summed E-state index contributed by atoms with van der Waals surface area (Å²) in [5, 5.41) is 10.5. The zero-order chi connectivity index (χ0) is 17.2. The molecule has 0 radical (unpaired) electrons. The molecule has 0 aliphatic rings. The van der Waals surface area contributed by atoms with E-state index in [2.05, 4.69) is 34.6 Å². The smallest absolute Gasteiger partial charge is 0.191 e. The number of hydrogen-bond donors (Lipinski definition) is 2. The van der Waals surface area contributed by atoms with Crippen molar-refractivity contribution in [1.82, 2.24) is 15.8 Å². The Morgan fingerprint density at radius 2 is 2.00 bits per heavy atom. The van der Waals surface area contributed by atoms with Gasteiger partial charge in [0.05, 0.1) is 12.2 Å². The fourth-order valence-electron chi connectivity index (χ4n) is 2.03. The van der Waals surface area contributed by atoms with Crippen LogP contribution in [0, 0.1) is 0 Å². The lowest BCUT2D eigenvalue weighted by molar-refractivity contribution is 0.322. The van der Waals surface area contributed by atoms with Gasteiger partial charge in [-0.1, -0.05) is 37.2 Å². The van der Waals surface area contributed by atoms with Crippen LogP contribution in [-0.2, 0) is 6.54 Å². The molecule has 0 saturated heterocycles. The quantitative estimate of drug-likeness (QED) is 0.274. The standard InChI is InChI=1S/C18H26N4O2.HI/c1-4-19-18(20-10-11-23-15-8-6-5-7-9-15)21-13-16-12-17(14(2)3)22-24-16;/h5-9,12,14H,4,10-11,13H2,1-3H3,(H2,19,20,21);1H. The number of aromatic nitrogens is 1. The van der Waals surface area contributed by atoms with Crippen LogP contribution in [0.2, 0.25) is 0 Å². The van der Waals surface area contributed by atoms with Crippen LogP contribution < -0.4 is 15.4 Å². The first-order chi connectivity index (χ1) is 11.7. The number of halogens is 1. The van der Waals surface area contributed by atoms with Crippen molar-refractivity contribution in [3.63, 3.8) is 0 Å². The summed E-state index contributed by atoms with van der Waals surface area (Å²) in [4.78, 5) is 4.51. The third-order valence-corrected chi connectivity index (χ3v) is 3.31. The molecule has 2 aromatic rings. The lowest BCUT2D eigenvalue weighted by Crippen LogP contribution is -2.39. The first-order valence-electron chi connectivity index (χ1n) is 8.34. The molecule has 0 aliphatic heterocycles. The van der Waals surface area contributed by atoms with Crippen LogP contribution >= 0.6 is 24.0 Å². The van der Waals surface area contributed by atoms with Gasteiger partial charge in [0.15, 0.2) is 11.7 Å². The number of para-hydroxylation sites is 1. The second kappa shape index (κ2) is 11.7. The van der Waals surface area contributed by atoms with Gasteiger partial charge in [0.1, 0.15) is 18.9 Å². The fraction of sp³-hybridized carbons (Fsp3) is 0.444. The number of nitrogens with zero attached hydrogens (tertiary/aromatic N) is 2. The first kappa shape index (κ1) is 21.3. The van der Waals surface area contributed by atoms with E-state index < -0.39 is 0 Å². The molecular weight excluding hydrogens is 431 g/mol. The third kappa shape index (κ3) is 7.76. The van der Waals surface area contributed by atoms with E-state index in [1.807, 2.05) is 43.3 Å². The molecule has 0 saturated carbocycles. The average Bonchev–Trinajstić information content (AvgIpc) is 3.06. The highest BCUT2D eigenvalue weighted by molar-refractivity contribution is 14.0. The molecule has 2 rings (SSSR count). The number of benzene rings is 1. The molecular formula is C18H27IN4O2. The molecule has 1 aromatic heterocycles. The number of rotatable bonds is 8. The summed E-state index contributed by atoms with van der Waals surface area (Å²) in [5.41, 5.74) is 0.953. The van der Waals surface area contributed by atoms with Crippen molar-refractivity contribution in [2.45, 2.75) is 33.2 Å². The molecule has 0 unspecified atom stereocenters. The Morgan fingerprint density at radius 1 is 1.24 bits per heavy atom. The Labute approximate surface area is 166 Å². The van der Waals surface area contributed by atoms with Crippen LogP contribution in [0.4, 0.5) is 0 Å². The Bertz CT molecular complexity index is 629. The summed E-state index contributed by atoms with van der Waals surface area (Å²) in [7, 11) is 0. The molecule has 0 spiro atoms. The number of hydrogen-bond acceptors (Lipinski definition) is 4. The minimum Gasteiger partial charge on any atom is -0.492 e. The normalized spacial score (nSPS) is 11.1. The second-order valence-electron chi connectivity index (χ2n) is 5.66. The summed E-state index contributed by atoms with van der Waals surface area (Å²) >= 11 is 0. The summed E-state index contributed by atoms with van der Waals surface area (Å²) < 4.78 is 11.0. The molecule has 2 N–H and O–H groups in total. The van der Waals surface area contributed by atoms with Crippen LogP contribution in [0.3, 0.4) is 0 Å². The zero-order valence-corrected chi connectivity index (χ0v) is 17.3. The first-order valence-corrected chi connectivity index (χ1v) is 8.34. The highest BCUT2D eigenvalue weighted by Crippen LogP contribution is 2.14. The van der Waals surface area contributed by atoms with E-state index in [1.54, 1.807) is 0 Å². The highest BCUT2D eigenvalue weighted by atomic mass is 127. The maximum atomic E-state index is 5.65. The van der Waals surface area contributed by atoms with Crippen molar-refractivity contribution in [2.75, 3.05) is 19.7 Å². The molecule has 0 fully saturated rings. The lowest BCUT2D eigenvalue weighted by Gasteiger charge is -2.11. The fourth-order valence-corrected chi connectivity index (χ4v) is 2.03. The molecule has 0 bridgehead atoms. The lowest BCUT2D eigenvalue weighted by atomic mass is 10.1. The highest BCUT2D eigenvalue weighted by Gasteiger charge is 2.07. The van der Waals surface area contributed by atoms with Crippen molar-refractivity contribution in [2.24, 2.45) is 4.99 Å². The van der Waals surface area contributed by atoms with Gasteiger partial charge >= 0.3 is 0 Å². The zero-order valence-electron chi connectivity index (χ0n) is 15.0. The Hall–Kier alpha value is -1.77. The monoisotopic (exact) mass is 458 g/mol. The number of aliphatic imine (C=N–C) groups is 1. The van der Waals surface area contributed by atoms with Crippen molar-refractivity contribution in [3.05, 3.63) is 47.9 Å². The van der Waals surface area contributed by atoms with Gasteiger partial charge < -0.3 is 19.9 Å². The van der Waals surface area contributed by atoms with Gasteiger partial charge in [0.25, 0.3) is 0 Å². The molecule has 25 heavy (non-hydrogen) atoms. The predicted molar refractivity (Wildman–Crippen MR) is 111 cm³/mol. The van der Waals surface area contributed by atoms with Crippen LogP contribution in [0.1, 0.15) is 38.1 Å². The summed E-state index contributed by atoms with van der Waals surface area (Å²) in [5.74, 6) is 2.71. The number of nitrogens with one attached hydrogen (secondary N) is 2. The molecule has 0 aliphatic carbocycles. The van der Waals surface area contributed by atoms with Gasteiger partial charge in [-0.15, -0.1) is 24.0 Å². The van der Waals surface area contributed by atoms with E-state index in [4.69, 9.17) is 9.26 Å². The summed E-state index contributed by atoms with van der Waals surface area (Å²) in [6.07, 6.45) is 0. The second-order valence-corrected chi connectivity index (χ2v) is 5.66.